The van der Waals surface area contributed by atoms with E-state index in [1.807, 2.05) is 18.2 Å². The number of aromatic nitrogens is 2. The van der Waals surface area contributed by atoms with E-state index < -0.39 is 10.0 Å². The van der Waals surface area contributed by atoms with Crippen molar-refractivity contribution in [3.8, 4) is 0 Å². The summed E-state index contributed by atoms with van der Waals surface area (Å²) in [6.45, 7) is 0.609. The SMILES string of the molecule is O=C(Nc1nnc(SCc2ccccc2)s1)C1CCN(S(=O)(=O)Cc2ccccc2Cl)CC1. The van der Waals surface area contributed by atoms with Crippen LogP contribution in [0.4, 0.5) is 5.13 Å². The van der Waals surface area contributed by atoms with Crippen LogP contribution in [-0.2, 0) is 26.3 Å². The van der Waals surface area contributed by atoms with E-state index in [1.165, 1.54) is 21.2 Å². The summed E-state index contributed by atoms with van der Waals surface area (Å²) in [6.07, 6.45) is 0.921. The Morgan fingerprint density at radius 3 is 2.52 bits per heavy atom. The number of rotatable bonds is 8. The van der Waals surface area contributed by atoms with Gasteiger partial charge in [-0.05, 0) is 30.0 Å². The highest BCUT2D eigenvalue weighted by Gasteiger charge is 2.31. The number of nitrogens with one attached hydrogen (secondary N) is 1. The largest absolute Gasteiger partial charge is 0.300 e. The Morgan fingerprint density at radius 2 is 1.79 bits per heavy atom. The second-order valence-electron chi connectivity index (χ2n) is 7.66. The minimum Gasteiger partial charge on any atom is -0.300 e. The average Bonchev–Trinajstić information content (AvgIpc) is 3.27. The van der Waals surface area contributed by atoms with Gasteiger partial charge >= 0.3 is 0 Å². The Balaban J connectivity index is 1.26. The molecule has 0 bridgehead atoms. The van der Waals surface area contributed by atoms with E-state index in [0.29, 0.717) is 41.6 Å². The fourth-order valence-corrected chi connectivity index (χ4v) is 7.13. The Bertz CT molecular complexity index is 1200. The number of amides is 1. The van der Waals surface area contributed by atoms with Gasteiger partial charge in [0.2, 0.25) is 21.1 Å². The van der Waals surface area contributed by atoms with Gasteiger partial charge in [-0.3, -0.25) is 4.79 Å². The second kappa shape index (κ2) is 11.0. The van der Waals surface area contributed by atoms with Crippen molar-refractivity contribution in [2.75, 3.05) is 18.4 Å². The van der Waals surface area contributed by atoms with E-state index in [0.717, 1.165) is 10.1 Å². The van der Waals surface area contributed by atoms with Gasteiger partial charge in [0.15, 0.2) is 4.34 Å². The Hall–Kier alpha value is -1.98. The lowest BCUT2D eigenvalue weighted by molar-refractivity contribution is -0.120. The molecule has 0 unspecified atom stereocenters. The maximum absolute atomic E-state index is 12.8. The third-order valence-electron chi connectivity index (χ3n) is 5.36. The van der Waals surface area contributed by atoms with Gasteiger partial charge < -0.3 is 5.32 Å². The third-order valence-corrected chi connectivity index (χ3v) is 9.60. The Kier molecular flexibility index (Phi) is 8.02. The normalized spacial score (nSPS) is 15.4. The average molecular weight is 523 g/mol. The highest BCUT2D eigenvalue weighted by atomic mass is 35.5. The summed E-state index contributed by atoms with van der Waals surface area (Å²) < 4.78 is 27.8. The van der Waals surface area contributed by atoms with Crippen LogP contribution in [0.3, 0.4) is 0 Å². The van der Waals surface area contributed by atoms with Crippen molar-refractivity contribution < 1.29 is 13.2 Å². The molecule has 7 nitrogen and oxygen atoms in total. The molecule has 3 aromatic rings. The smallest absolute Gasteiger partial charge is 0.229 e. The fourth-order valence-electron chi connectivity index (χ4n) is 3.54. The predicted octanol–water partition coefficient (Wildman–Crippen LogP) is 4.66. The molecule has 1 fully saturated rings. The van der Waals surface area contributed by atoms with Crippen molar-refractivity contribution in [1.82, 2.24) is 14.5 Å². The van der Waals surface area contributed by atoms with Crippen LogP contribution in [0.1, 0.15) is 24.0 Å². The zero-order chi connectivity index (χ0) is 23.3. The number of piperidine rings is 1. The summed E-state index contributed by atoms with van der Waals surface area (Å²) in [5, 5.41) is 11.9. The molecule has 2 aromatic carbocycles. The van der Waals surface area contributed by atoms with Crippen molar-refractivity contribution in [1.29, 1.82) is 0 Å². The van der Waals surface area contributed by atoms with Crippen LogP contribution in [0.25, 0.3) is 0 Å². The number of sulfonamides is 1. The lowest BCUT2D eigenvalue weighted by atomic mass is 9.97. The van der Waals surface area contributed by atoms with Gasteiger partial charge in [0.1, 0.15) is 0 Å². The maximum Gasteiger partial charge on any atom is 0.229 e. The summed E-state index contributed by atoms with van der Waals surface area (Å²) in [4.78, 5) is 12.7. The highest BCUT2D eigenvalue weighted by molar-refractivity contribution is 8.00. The monoisotopic (exact) mass is 522 g/mol. The molecular formula is C22H23ClN4O3S3. The molecule has 4 rings (SSSR count). The molecule has 1 aliphatic heterocycles. The van der Waals surface area contributed by atoms with E-state index >= 15 is 0 Å². The van der Waals surface area contributed by atoms with Gasteiger partial charge in [0, 0.05) is 29.8 Å². The molecule has 1 amide bonds. The number of halogens is 1. The van der Waals surface area contributed by atoms with Crippen LogP contribution in [0, 0.1) is 5.92 Å². The first kappa shape index (κ1) is 24.2. The number of anilines is 1. The van der Waals surface area contributed by atoms with Crippen molar-refractivity contribution in [2.24, 2.45) is 5.92 Å². The first-order valence-electron chi connectivity index (χ1n) is 10.4. The van der Waals surface area contributed by atoms with Crippen LogP contribution in [0.15, 0.2) is 58.9 Å². The lowest BCUT2D eigenvalue weighted by Gasteiger charge is -2.30. The molecule has 174 valence electrons. The van der Waals surface area contributed by atoms with Crippen molar-refractivity contribution in [3.05, 3.63) is 70.7 Å². The van der Waals surface area contributed by atoms with Crippen molar-refractivity contribution in [3.63, 3.8) is 0 Å². The van der Waals surface area contributed by atoms with Gasteiger partial charge in [-0.15, -0.1) is 10.2 Å². The summed E-state index contributed by atoms with van der Waals surface area (Å²) in [7, 11) is -3.50. The number of benzene rings is 2. The zero-order valence-corrected chi connectivity index (χ0v) is 20.9. The minimum atomic E-state index is -3.50. The van der Waals surface area contributed by atoms with Gasteiger partial charge in [0.25, 0.3) is 0 Å². The van der Waals surface area contributed by atoms with Crippen LogP contribution in [0.5, 0.6) is 0 Å². The molecule has 11 heteroatoms. The summed E-state index contributed by atoms with van der Waals surface area (Å²) in [5.74, 6) is 0.234. The summed E-state index contributed by atoms with van der Waals surface area (Å²) in [5.41, 5.74) is 1.77. The van der Waals surface area contributed by atoms with E-state index in [1.54, 1.807) is 36.0 Å². The first-order valence-corrected chi connectivity index (χ1v) is 14.2. The number of hydrogen-bond acceptors (Lipinski definition) is 7. The van der Waals surface area contributed by atoms with Crippen LogP contribution in [-0.4, -0.2) is 41.9 Å². The molecule has 0 radical (unpaired) electrons. The number of thioether (sulfide) groups is 1. The van der Waals surface area contributed by atoms with Crippen LogP contribution >= 0.6 is 34.7 Å². The molecule has 0 aliphatic carbocycles. The van der Waals surface area contributed by atoms with Crippen LogP contribution < -0.4 is 5.32 Å². The molecule has 0 atom stereocenters. The molecule has 1 N–H and O–H groups in total. The molecule has 0 spiro atoms. The van der Waals surface area contributed by atoms with Crippen molar-refractivity contribution >= 4 is 55.8 Å². The molecule has 0 saturated carbocycles. The molecule has 1 saturated heterocycles. The number of carbonyl (C=O) groups excluding carboxylic acids is 1. The fraction of sp³-hybridized carbons (Fsp3) is 0.318. The van der Waals surface area contributed by atoms with Gasteiger partial charge in [-0.1, -0.05) is 83.2 Å². The Morgan fingerprint density at radius 1 is 1.09 bits per heavy atom. The lowest BCUT2D eigenvalue weighted by Crippen LogP contribution is -2.41. The molecule has 1 aliphatic rings. The Labute approximate surface area is 206 Å². The summed E-state index contributed by atoms with van der Waals surface area (Å²) >= 11 is 9.03. The third kappa shape index (κ3) is 6.54. The predicted molar refractivity (Wildman–Crippen MR) is 133 cm³/mol. The quantitative estimate of drug-likeness (QED) is 0.341. The highest BCUT2D eigenvalue weighted by Crippen LogP contribution is 2.29. The molecule has 2 heterocycles. The van der Waals surface area contributed by atoms with E-state index in [-0.39, 0.29) is 17.6 Å². The zero-order valence-electron chi connectivity index (χ0n) is 17.7. The van der Waals surface area contributed by atoms with E-state index in [2.05, 4.69) is 27.6 Å². The minimum absolute atomic E-state index is 0.141. The van der Waals surface area contributed by atoms with Gasteiger partial charge in [0.05, 0.1) is 5.75 Å². The molecule has 33 heavy (non-hydrogen) atoms. The summed E-state index contributed by atoms with van der Waals surface area (Å²) in [6, 6.07) is 17.0. The number of carbonyl (C=O) groups is 1. The number of nitrogens with zero attached hydrogens (tertiary/aromatic N) is 3. The standard InChI is InChI=1S/C22H23ClN4O3S3/c23-19-9-5-4-8-18(19)15-33(29,30)27-12-10-17(11-13-27)20(28)24-21-25-26-22(32-21)31-14-16-6-2-1-3-7-16/h1-9,17H,10-15H2,(H,24,25,28). The van der Waals surface area contributed by atoms with Crippen LogP contribution in [0.2, 0.25) is 5.02 Å². The van der Waals surface area contributed by atoms with E-state index in [4.69, 9.17) is 11.6 Å². The number of hydrogen-bond donors (Lipinski definition) is 1. The first-order chi connectivity index (χ1) is 15.9. The van der Waals surface area contributed by atoms with E-state index in [9.17, 15) is 13.2 Å². The van der Waals surface area contributed by atoms with Gasteiger partial charge in [-0.25, -0.2) is 12.7 Å². The topological polar surface area (TPSA) is 92.3 Å². The maximum atomic E-state index is 12.8. The van der Waals surface area contributed by atoms with Gasteiger partial charge in [-0.2, -0.15) is 0 Å². The second-order valence-corrected chi connectivity index (χ2v) is 12.2. The molecule has 1 aromatic heterocycles. The van der Waals surface area contributed by atoms with Crippen molar-refractivity contribution in [2.45, 2.75) is 28.7 Å². The molecular weight excluding hydrogens is 500 g/mol.